The van der Waals surface area contributed by atoms with Crippen molar-refractivity contribution in [3.8, 4) is 5.75 Å². The van der Waals surface area contributed by atoms with E-state index in [1.165, 1.54) is 12.4 Å². The first-order chi connectivity index (χ1) is 15.9. The van der Waals surface area contributed by atoms with Gasteiger partial charge in [-0.2, -0.15) is 0 Å². The lowest BCUT2D eigenvalue weighted by atomic mass is 9.76. The number of amides is 2. The molecule has 0 radical (unpaired) electrons. The molecule has 0 spiro atoms. The summed E-state index contributed by atoms with van der Waals surface area (Å²) in [5.74, 6) is -4.44. The predicted molar refractivity (Wildman–Crippen MR) is 119 cm³/mol. The number of aliphatic carboxylic acids is 1. The molecule has 3 N–H and O–H groups in total. The topological polar surface area (TPSA) is 132 Å². The predicted octanol–water partition coefficient (Wildman–Crippen LogP) is 1.53. The first-order valence-corrected chi connectivity index (χ1v) is 10.6. The number of nitrogens with zero attached hydrogens (tertiary/aromatic N) is 3. The second-order valence-electron chi connectivity index (χ2n) is 8.54. The summed E-state index contributed by atoms with van der Waals surface area (Å²) in [6.45, 7) is 0.296. The highest BCUT2D eigenvalue weighted by molar-refractivity contribution is 6.11. The number of carboxylic acid groups (broad SMARTS) is 1. The third kappa shape index (κ3) is 3.32. The lowest BCUT2D eigenvalue weighted by Gasteiger charge is -2.31. The molecule has 2 aromatic rings. The Kier molecular flexibility index (Phi) is 5.05. The number of hydrogen-bond donors (Lipinski definition) is 3. The Bertz CT molecular complexity index is 1190. The average molecular weight is 446 g/mol. The van der Waals surface area contributed by atoms with Crippen molar-refractivity contribution in [2.45, 2.75) is 24.5 Å². The molecule has 2 saturated heterocycles. The number of fused-ring (bicyclic) bond motifs is 1. The van der Waals surface area contributed by atoms with Gasteiger partial charge in [-0.15, -0.1) is 0 Å². The zero-order valence-electron chi connectivity index (χ0n) is 17.6. The minimum absolute atomic E-state index is 0.0543. The molecule has 2 amide bonds. The Balaban J connectivity index is 1.60. The number of carbonyl (C=O) groups is 3. The molecule has 5 rings (SSSR count). The summed E-state index contributed by atoms with van der Waals surface area (Å²) in [5.41, 5.74) is -0.102. The summed E-state index contributed by atoms with van der Waals surface area (Å²) >= 11 is 0. The van der Waals surface area contributed by atoms with Gasteiger partial charge in [0.2, 0.25) is 11.8 Å². The van der Waals surface area contributed by atoms with E-state index in [4.69, 9.17) is 0 Å². The van der Waals surface area contributed by atoms with Gasteiger partial charge in [-0.25, -0.2) is 4.99 Å². The van der Waals surface area contributed by atoms with Gasteiger partial charge < -0.3 is 10.2 Å². The van der Waals surface area contributed by atoms with Crippen molar-refractivity contribution in [1.29, 1.82) is 0 Å². The second kappa shape index (κ2) is 7.93. The summed E-state index contributed by atoms with van der Waals surface area (Å²) in [6.07, 6.45) is 1.28. The maximum atomic E-state index is 13.6. The van der Waals surface area contributed by atoms with Crippen LogP contribution in [-0.2, 0) is 20.9 Å². The molecule has 9 heteroatoms. The van der Waals surface area contributed by atoms with Crippen LogP contribution in [0.25, 0.3) is 0 Å². The average Bonchev–Trinajstić information content (AvgIpc) is 3.49. The molecule has 9 nitrogen and oxygen atoms in total. The van der Waals surface area contributed by atoms with Crippen molar-refractivity contribution >= 4 is 29.8 Å². The normalized spacial score (nSPS) is 28.3. The zero-order chi connectivity index (χ0) is 23.2. The van der Waals surface area contributed by atoms with Crippen LogP contribution in [0, 0.1) is 11.8 Å². The molecule has 0 aliphatic carbocycles. The van der Waals surface area contributed by atoms with Gasteiger partial charge in [0.05, 0.1) is 24.9 Å². The molecule has 3 aliphatic heterocycles. The molecule has 0 saturated carbocycles. The summed E-state index contributed by atoms with van der Waals surface area (Å²) in [6, 6.07) is 14.7. The maximum Gasteiger partial charge on any atom is 0.325 e. The minimum atomic E-state index is -1.76. The Morgan fingerprint density at radius 3 is 2.48 bits per heavy atom. The lowest BCUT2D eigenvalue weighted by molar-refractivity contribution is -0.151. The summed E-state index contributed by atoms with van der Waals surface area (Å²) in [4.78, 5) is 49.3. The number of aromatic hydroxyl groups is 1. The van der Waals surface area contributed by atoms with Gasteiger partial charge in [-0.1, -0.05) is 48.5 Å². The Morgan fingerprint density at radius 2 is 1.82 bits per heavy atom. The molecule has 2 aromatic carbocycles. The van der Waals surface area contributed by atoms with E-state index in [2.05, 4.69) is 15.3 Å². The number of benzene rings is 2. The summed E-state index contributed by atoms with van der Waals surface area (Å²) in [5, 5.41) is 23.9. The third-order valence-electron chi connectivity index (χ3n) is 6.66. The van der Waals surface area contributed by atoms with E-state index in [1.54, 1.807) is 18.2 Å². The fourth-order valence-corrected chi connectivity index (χ4v) is 5.17. The number of hydrogen-bond acceptors (Lipinski definition) is 7. The van der Waals surface area contributed by atoms with Crippen LogP contribution >= 0.6 is 0 Å². The number of phenolic OH excluding ortho intramolecular Hbond substituents is 1. The smallest absolute Gasteiger partial charge is 0.325 e. The van der Waals surface area contributed by atoms with E-state index < -0.39 is 41.2 Å². The summed E-state index contributed by atoms with van der Waals surface area (Å²) < 4.78 is 0. The van der Waals surface area contributed by atoms with Gasteiger partial charge in [-0.05, 0) is 11.6 Å². The van der Waals surface area contributed by atoms with Crippen LogP contribution in [0.15, 0.2) is 64.6 Å². The first kappa shape index (κ1) is 21.0. The van der Waals surface area contributed by atoms with Crippen LogP contribution < -0.4 is 5.32 Å². The number of likely N-dealkylation sites (tertiary alicyclic amines) is 1. The number of rotatable bonds is 6. The second-order valence-corrected chi connectivity index (χ2v) is 8.54. The Hall–Kier alpha value is -3.85. The monoisotopic (exact) mass is 446 g/mol. The van der Waals surface area contributed by atoms with E-state index in [0.29, 0.717) is 11.3 Å². The van der Waals surface area contributed by atoms with E-state index in [9.17, 15) is 24.6 Å². The van der Waals surface area contributed by atoms with Gasteiger partial charge in [0.1, 0.15) is 17.6 Å². The summed E-state index contributed by atoms with van der Waals surface area (Å²) in [7, 11) is 0. The lowest BCUT2D eigenvalue weighted by Crippen LogP contribution is -2.57. The minimum Gasteiger partial charge on any atom is -0.508 e. The Morgan fingerprint density at radius 1 is 1.09 bits per heavy atom. The number of aliphatic imine (C=N–C) groups is 2. The van der Waals surface area contributed by atoms with Crippen LogP contribution in [0.5, 0.6) is 5.75 Å². The fourth-order valence-electron chi connectivity index (χ4n) is 5.17. The van der Waals surface area contributed by atoms with Gasteiger partial charge in [0.15, 0.2) is 0 Å². The number of nitrogens with one attached hydrogen (secondary N) is 1. The molecule has 33 heavy (non-hydrogen) atoms. The number of phenols is 1. The molecule has 3 aliphatic rings. The highest BCUT2D eigenvalue weighted by Crippen LogP contribution is 2.51. The quantitative estimate of drug-likeness (QED) is 0.577. The molecular formula is C24H22N4O5. The highest BCUT2D eigenvalue weighted by Gasteiger charge is 2.68. The van der Waals surface area contributed by atoms with Crippen LogP contribution in [0.1, 0.15) is 23.6 Å². The highest BCUT2D eigenvalue weighted by atomic mass is 16.4. The van der Waals surface area contributed by atoms with Crippen LogP contribution in [0.4, 0.5) is 0 Å². The molecule has 4 atom stereocenters. The Labute approximate surface area is 189 Å². The van der Waals surface area contributed by atoms with Gasteiger partial charge >= 0.3 is 5.97 Å². The van der Waals surface area contributed by atoms with Crippen molar-refractivity contribution in [3.63, 3.8) is 0 Å². The number of carbonyl (C=O) groups excluding carboxylic acids is 2. The van der Waals surface area contributed by atoms with E-state index in [0.717, 1.165) is 10.5 Å². The third-order valence-corrected chi connectivity index (χ3v) is 6.66. The first-order valence-electron chi connectivity index (χ1n) is 10.6. The van der Waals surface area contributed by atoms with Gasteiger partial charge in [0.25, 0.3) is 0 Å². The largest absolute Gasteiger partial charge is 0.508 e. The van der Waals surface area contributed by atoms with E-state index >= 15 is 0 Å². The maximum absolute atomic E-state index is 13.6. The molecule has 0 aromatic heterocycles. The van der Waals surface area contributed by atoms with Crippen molar-refractivity contribution < 1.29 is 24.6 Å². The van der Waals surface area contributed by atoms with E-state index in [1.807, 2.05) is 30.3 Å². The van der Waals surface area contributed by atoms with Crippen LogP contribution in [0.3, 0.4) is 0 Å². The number of para-hydroxylation sites is 1. The van der Waals surface area contributed by atoms with Crippen molar-refractivity contribution in [2.75, 3.05) is 6.54 Å². The van der Waals surface area contributed by atoms with Crippen molar-refractivity contribution in [2.24, 2.45) is 21.8 Å². The molecule has 2 fully saturated rings. The number of imide groups is 1. The molecule has 3 heterocycles. The van der Waals surface area contributed by atoms with Crippen LogP contribution in [-0.4, -0.2) is 57.0 Å². The van der Waals surface area contributed by atoms with Crippen LogP contribution in [0.2, 0.25) is 0 Å². The fraction of sp³-hybridized carbons (Fsp3) is 0.292. The zero-order valence-corrected chi connectivity index (χ0v) is 17.6. The molecular weight excluding hydrogens is 424 g/mol. The van der Waals surface area contributed by atoms with Gasteiger partial charge in [0, 0.05) is 23.7 Å². The molecule has 0 unspecified atom stereocenters. The molecule has 0 bridgehead atoms. The van der Waals surface area contributed by atoms with Crippen molar-refractivity contribution in [1.82, 2.24) is 10.2 Å². The van der Waals surface area contributed by atoms with Gasteiger partial charge in [-0.3, -0.25) is 29.6 Å². The van der Waals surface area contributed by atoms with Crippen molar-refractivity contribution in [3.05, 3.63) is 65.7 Å². The number of carboxylic acids is 1. The van der Waals surface area contributed by atoms with E-state index in [-0.39, 0.29) is 25.3 Å². The standard InChI is InChI=1S/C24H22N4O5/c29-17-9-5-4-8-16(17)20-18-19(24(27-20,23(32)33)10-15-11-25-13-26-15)22(31)28(21(18)30)12-14-6-2-1-3-7-14/h1-9,13,18-20,27,29H,10-12H2,(H,32,33)/t18-,19-,20-,24+/m0/s1. The SMILES string of the molecule is O=C1[C@H]2[C@@H](C(=O)N1Cc1ccccc1)[C@](CC1=NC=NC1)(C(=O)O)N[C@H]2c1ccccc1O. The molecule has 168 valence electrons.